The minimum atomic E-state index is -4.29. The summed E-state index contributed by atoms with van der Waals surface area (Å²) in [6.45, 7) is 1.29. The molecule has 226 valence electrons. The highest BCUT2D eigenvalue weighted by Gasteiger charge is 2.47. The van der Waals surface area contributed by atoms with Gasteiger partial charge in [-0.1, -0.05) is 6.07 Å². The van der Waals surface area contributed by atoms with Crippen molar-refractivity contribution in [1.82, 2.24) is 9.97 Å². The SMILES string of the molecule is Cc1sc(C(=O)Nc2cccc(NS(C)(=O)=O)c2)cc1-c1ncc(N2CC(C(F)(F)F)C2)cc1OCc1cncc(F)c1. The topological polar surface area (TPSA) is 114 Å². The van der Waals surface area contributed by atoms with Gasteiger partial charge in [-0.2, -0.15) is 13.2 Å². The van der Waals surface area contributed by atoms with Crippen molar-refractivity contribution in [2.45, 2.75) is 19.7 Å². The molecule has 4 heterocycles. The molecule has 0 spiro atoms. The number of carbonyl (C=O) groups excluding carboxylic acids is 1. The smallest absolute Gasteiger partial charge is 0.395 e. The zero-order chi connectivity index (χ0) is 30.9. The third-order valence-electron chi connectivity index (χ3n) is 6.52. The fraction of sp³-hybridized carbons (Fsp3) is 0.250. The largest absolute Gasteiger partial charge is 0.486 e. The number of thiophene rings is 1. The van der Waals surface area contributed by atoms with Crippen LogP contribution in [0.3, 0.4) is 0 Å². The summed E-state index contributed by atoms with van der Waals surface area (Å²) < 4.78 is 84.3. The van der Waals surface area contributed by atoms with Crippen LogP contribution in [-0.2, 0) is 16.6 Å². The highest BCUT2D eigenvalue weighted by Crippen LogP contribution is 2.41. The Labute approximate surface area is 248 Å². The number of aryl methyl sites for hydroxylation is 1. The summed E-state index contributed by atoms with van der Waals surface area (Å²) in [6, 6.07) is 10.7. The maximum Gasteiger partial charge on any atom is 0.395 e. The van der Waals surface area contributed by atoms with Gasteiger partial charge in [0, 0.05) is 47.0 Å². The molecule has 1 aromatic carbocycles. The lowest BCUT2D eigenvalue weighted by atomic mass is 9.99. The van der Waals surface area contributed by atoms with Gasteiger partial charge in [0.05, 0.1) is 40.8 Å². The van der Waals surface area contributed by atoms with E-state index < -0.39 is 33.8 Å². The van der Waals surface area contributed by atoms with Gasteiger partial charge in [-0.15, -0.1) is 11.3 Å². The molecule has 5 rings (SSSR count). The molecule has 0 aliphatic carbocycles. The fourth-order valence-corrected chi connectivity index (χ4v) is 5.88. The highest BCUT2D eigenvalue weighted by atomic mass is 32.2. The molecule has 9 nitrogen and oxygen atoms in total. The Kier molecular flexibility index (Phi) is 8.29. The summed E-state index contributed by atoms with van der Waals surface area (Å²) in [7, 11) is -3.51. The van der Waals surface area contributed by atoms with Gasteiger partial charge in [0.25, 0.3) is 5.91 Å². The number of hydrogen-bond acceptors (Lipinski definition) is 8. The first-order chi connectivity index (χ1) is 20.2. The Morgan fingerprint density at radius 1 is 1.12 bits per heavy atom. The predicted molar refractivity (Wildman–Crippen MR) is 155 cm³/mol. The van der Waals surface area contributed by atoms with Crippen molar-refractivity contribution in [3.05, 3.63) is 82.2 Å². The number of aromatic nitrogens is 2. The maximum absolute atomic E-state index is 13.7. The van der Waals surface area contributed by atoms with Crippen molar-refractivity contribution in [2.24, 2.45) is 5.92 Å². The van der Waals surface area contributed by atoms with Gasteiger partial charge in [0.1, 0.15) is 23.9 Å². The van der Waals surface area contributed by atoms with E-state index in [0.29, 0.717) is 33.1 Å². The van der Waals surface area contributed by atoms with Crippen LogP contribution in [0.4, 0.5) is 34.6 Å². The molecule has 0 bridgehead atoms. The Morgan fingerprint density at radius 3 is 2.56 bits per heavy atom. The lowest BCUT2D eigenvalue weighted by Gasteiger charge is -2.41. The molecule has 3 aromatic heterocycles. The Morgan fingerprint density at radius 2 is 1.86 bits per heavy atom. The summed E-state index contributed by atoms with van der Waals surface area (Å²) in [4.78, 5) is 24.0. The van der Waals surface area contributed by atoms with Crippen LogP contribution in [0.15, 0.2) is 61.1 Å². The second-order valence-electron chi connectivity index (χ2n) is 9.97. The number of nitrogens with zero attached hydrogens (tertiary/aromatic N) is 3. The number of anilines is 3. The van der Waals surface area contributed by atoms with E-state index in [0.717, 1.165) is 17.3 Å². The van der Waals surface area contributed by atoms with Crippen molar-refractivity contribution in [2.75, 3.05) is 34.3 Å². The number of alkyl halides is 3. The predicted octanol–water partition coefficient (Wildman–Crippen LogP) is 5.85. The summed E-state index contributed by atoms with van der Waals surface area (Å²) >= 11 is 1.19. The van der Waals surface area contributed by atoms with E-state index in [1.54, 1.807) is 37.3 Å². The number of benzene rings is 1. The molecule has 0 atom stereocenters. The average molecular weight is 636 g/mol. The normalized spacial score (nSPS) is 13.9. The van der Waals surface area contributed by atoms with E-state index in [2.05, 4.69) is 20.0 Å². The van der Waals surface area contributed by atoms with E-state index in [9.17, 15) is 30.8 Å². The fourth-order valence-electron chi connectivity index (χ4n) is 4.41. The van der Waals surface area contributed by atoms with E-state index in [-0.39, 0.29) is 31.1 Å². The second kappa shape index (κ2) is 11.8. The van der Waals surface area contributed by atoms with Crippen molar-refractivity contribution in [3.63, 3.8) is 0 Å². The molecule has 4 aromatic rings. The molecule has 1 aliphatic rings. The van der Waals surface area contributed by atoms with Gasteiger partial charge in [-0.05, 0) is 37.3 Å². The van der Waals surface area contributed by atoms with Crippen LogP contribution in [0.1, 0.15) is 20.1 Å². The summed E-state index contributed by atoms with van der Waals surface area (Å²) in [5, 5.41) is 2.74. The monoisotopic (exact) mass is 635 g/mol. The van der Waals surface area contributed by atoms with Gasteiger partial charge in [-0.25, -0.2) is 12.8 Å². The minimum absolute atomic E-state index is 0.0809. The van der Waals surface area contributed by atoms with Crippen LogP contribution in [0.25, 0.3) is 11.3 Å². The van der Waals surface area contributed by atoms with Crippen LogP contribution in [0, 0.1) is 18.7 Å². The number of rotatable bonds is 9. The molecular formula is C28H25F4N5O4S2. The summed E-state index contributed by atoms with van der Waals surface area (Å²) in [5.74, 6) is -2.18. The molecule has 0 unspecified atom stereocenters. The van der Waals surface area contributed by atoms with Crippen LogP contribution in [0.5, 0.6) is 5.75 Å². The van der Waals surface area contributed by atoms with Crippen molar-refractivity contribution in [3.8, 4) is 17.0 Å². The van der Waals surface area contributed by atoms with Crippen LogP contribution in [-0.4, -0.2) is 49.8 Å². The lowest BCUT2D eigenvalue weighted by Crippen LogP contribution is -2.53. The highest BCUT2D eigenvalue weighted by molar-refractivity contribution is 7.92. The van der Waals surface area contributed by atoms with Gasteiger partial charge in [0.2, 0.25) is 10.0 Å². The maximum atomic E-state index is 13.7. The molecule has 43 heavy (non-hydrogen) atoms. The van der Waals surface area contributed by atoms with E-state index >= 15 is 0 Å². The molecule has 1 amide bonds. The quantitative estimate of drug-likeness (QED) is 0.222. The zero-order valence-corrected chi connectivity index (χ0v) is 24.4. The van der Waals surface area contributed by atoms with Crippen LogP contribution in [0.2, 0.25) is 0 Å². The number of nitrogens with one attached hydrogen (secondary N) is 2. The number of amides is 1. The first kappa shape index (κ1) is 30.2. The van der Waals surface area contributed by atoms with Gasteiger partial charge < -0.3 is 15.0 Å². The first-order valence-corrected chi connectivity index (χ1v) is 15.5. The number of hydrogen-bond donors (Lipinski definition) is 2. The Bertz CT molecular complexity index is 1770. The van der Waals surface area contributed by atoms with Gasteiger partial charge >= 0.3 is 6.18 Å². The van der Waals surface area contributed by atoms with E-state index in [1.165, 1.54) is 40.8 Å². The third-order valence-corrected chi connectivity index (χ3v) is 8.18. The summed E-state index contributed by atoms with van der Waals surface area (Å²) in [6.07, 6.45) is 0.671. The van der Waals surface area contributed by atoms with Crippen molar-refractivity contribution >= 4 is 44.3 Å². The van der Waals surface area contributed by atoms with Crippen LogP contribution < -0.4 is 19.7 Å². The molecule has 15 heteroatoms. The number of pyridine rings is 2. The minimum Gasteiger partial charge on any atom is -0.486 e. The molecule has 1 fully saturated rings. The molecule has 1 saturated heterocycles. The molecule has 0 radical (unpaired) electrons. The van der Waals surface area contributed by atoms with Gasteiger partial charge in [0.15, 0.2) is 0 Å². The standard InChI is InChI=1S/C28H25F4N5O4S2/c1-16-23(9-25(42-16)27(38)35-20-4-3-5-21(7-20)36-43(2,39)40)26-24(41-15-17-6-19(29)11-33-10-17)8-22(12-34-26)37-13-18(14-37)28(30,31)32/h3-12,18,36H,13-15H2,1-2H3,(H,35,38). The third kappa shape index (κ3) is 7.40. The Balaban J connectivity index is 1.40. The Hall–Kier alpha value is -4.24. The number of halogens is 4. The van der Waals surface area contributed by atoms with E-state index in [4.69, 9.17) is 4.74 Å². The van der Waals surface area contributed by atoms with Gasteiger partial charge in [-0.3, -0.25) is 19.5 Å². The molecule has 0 saturated carbocycles. The van der Waals surface area contributed by atoms with Crippen molar-refractivity contribution < 1.29 is 35.5 Å². The zero-order valence-electron chi connectivity index (χ0n) is 22.8. The van der Waals surface area contributed by atoms with Crippen molar-refractivity contribution in [1.29, 1.82) is 0 Å². The number of sulfonamides is 1. The lowest BCUT2D eigenvalue weighted by molar-refractivity contribution is -0.180. The summed E-state index contributed by atoms with van der Waals surface area (Å²) in [5.41, 5.74) is 2.45. The molecular weight excluding hydrogens is 610 g/mol. The molecule has 1 aliphatic heterocycles. The number of carbonyl (C=O) groups is 1. The first-order valence-electron chi connectivity index (χ1n) is 12.8. The second-order valence-corrected chi connectivity index (χ2v) is 13.0. The van der Waals surface area contributed by atoms with Crippen LogP contribution >= 0.6 is 11.3 Å². The molecule has 2 N–H and O–H groups in total. The van der Waals surface area contributed by atoms with E-state index in [1.807, 2.05) is 0 Å². The number of ether oxygens (including phenoxy) is 1. The average Bonchev–Trinajstić information content (AvgIpc) is 3.26.